The highest BCUT2D eigenvalue weighted by molar-refractivity contribution is 5.73. The smallest absolute Gasteiger partial charge is 0.217 e. The predicted molar refractivity (Wildman–Crippen MR) is 87.0 cm³/mol. The molecule has 0 aromatic carbocycles. The van der Waals surface area contributed by atoms with Gasteiger partial charge in [0.2, 0.25) is 5.91 Å². The molecule has 1 saturated heterocycles. The minimum absolute atomic E-state index is 0.0977. The zero-order chi connectivity index (χ0) is 19.4. The Kier molecular flexibility index (Phi) is 11.1. The van der Waals surface area contributed by atoms with Gasteiger partial charge in [0.1, 0.15) is 24.4 Å². The number of nitrogens with zero attached hydrogens (tertiary/aromatic N) is 3. The SMILES string of the molecule is CC(=O)N[C@@H]1[C@@H](OCCOCCOCCN=[N+]=[N-])O[C@@H](CO)[C@H](O)[C@@H]1O. The summed E-state index contributed by atoms with van der Waals surface area (Å²) < 4.78 is 21.3. The first-order valence-electron chi connectivity index (χ1n) is 8.18. The second kappa shape index (κ2) is 12.8. The number of rotatable bonds is 12. The van der Waals surface area contributed by atoms with E-state index < -0.39 is 43.2 Å². The van der Waals surface area contributed by atoms with E-state index in [-0.39, 0.29) is 19.8 Å². The lowest BCUT2D eigenvalue weighted by molar-refractivity contribution is -0.272. The summed E-state index contributed by atoms with van der Waals surface area (Å²) in [6, 6.07) is -0.977. The first-order chi connectivity index (χ1) is 12.5. The third kappa shape index (κ3) is 7.81. The van der Waals surface area contributed by atoms with E-state index in [1.54, 1.807) is 0 Å². The van der Waals surface area contributed by atoms with E-state index in [0.717, 1.165) is 0 Å². The van der Waals surface area contributed by atoms with Crippen molar-refractivity contribution in [2.24, 2.45) is 5.11 Å². The van der Waals surface area contributed by atoms with Gasteiger partial charge in [-0.2, -0.15) is 0 Å². The Bertz CT molecular complexity index is 462. The molecule has 1 aliphatic heterocycles. The zero-order valence-electron chi connectivity index (χ0n) is 14.6. The maximum absolute atomic E-state index is 11.3. The number of azide groups is 1. The molecule has 4 N–H and O–H groups in total. The molecule has 0 spiro atoms. The largest absolute Gasteiger partial charge is 0.394 e. The highest BCUT2D eigenvalue weighted by atomic mass is 16.7. The van der Waals surface area contributed by atoms with Crippen molar-refractivity contribution in [1.82, 2.24) is 5.32 Å². The third-order valence-corrected chi connectivity index (χ3v) is 3.53. The van der Waals surface area contributed by atoms with Crippen molar-refractivity contribution in [1.29, 1.82) is 0 Å². The quantitative estimate of drug-likeness (QED) is 0.134. The van der Waals surface area contributed by atoms with Crippen LogP contribution < -0.4 is 5.32 Å². The fraction of sp³-hybridized carbons (Fsp3) is 0.929. The molecule has 5 atom stereocenters. The number of carbonyl (C=O) groups is 1. The van der Waals surface area contributed by atoms with Crippen molar-refractivity contribution in [3.05, 3.63) is 10.4 Å². The van der Waals surface area contributed by atoms with Gasteiger partial charge in [0.25, 0.3) is 0 Å². The standard InChI is InChI=1S/C14H26N4O8/c1-9(20)17-11-13(22)12(21)10(8-19)26-14(11)25-7-6-24-5-4-23-3-2-16-18-15/h10-14,19,21-22H,2-8H2,1H3,(H,17,20)/t10-,11-,12-,13+,14-/m0/s1. The number of carbonyl (C=O) groups excluding carboxylic acids is 1. The van der Waals surface area contributed by atoms with E-state index in [1.807, 2.05) is 0 Å². The van der Waals surface area contributed by atoms with Crippen LogP contribution >= 0.6 is 0 Å². The number of nitrogens with one attached hydrogen (secondary N) is 1. The molecule has 1 amide bonds. The van der Waals surface area contributed by atoms with Gasteiger partial charge in [0.05, 0.1) is 39.6 Å². The van der Waals surface area contributed by atoms with Crippen LogP contribution in [0.25, 0.3) is 10.4 Å². The Balaban J connectivity index is 2.30. The van der Waals surface area contributed by atoms with E-state index >= 15 is 0 Å². The highest BCUT2D eigenvalue weighted by Crippen LogP contribution is 2.22. The summed E-state index contributed by atoms with van der Waals surface area (Å²) in [6.45, 7) is 2.25. The first-order valence-corrected chi connectivity index (χ1v) is 8.18. The number of amides is 1. The molecule has 12 nitrogen and oxygen atoms in total. The van der Waals surface area contributed by atoms with Gasteiger partial charge >= 0.3 is 0 Å². The van der Waals surface area contributed by atoms with Gasteiger partial charge in [-0.05, 0) is 5.53 Å². The van der Waals surface area contributed by atoms with Gasteiger partial charge < -0.3 is 39.6 Å². The molecule has 1 heterocycles. The summed E-state index contributed by atoms with van der Waals surface area (Å²) >= 11 is 0. The molecule has 0 aliphatic carbocycles. The molecular weight excluding hydrogens is 352 g/mol. The van der Waals surface area contributed by atoms with E-state index in [1.165, 1.54) is 6.92 Å². The average Bonchev–Trinajstić information content (AvgIpc) is 2.62. The van der Waals surface area contributed by atoms with Crippen molar-refractivity contribution in [3.8, 4) is 0 Å². The predicted octanol–water partition coefficient (Wildman–Crippen LogP) is -1.71. The van der Waals surface area contributed by atoms with Crippen LogP contribution in [0.15, 0.2) is 5.11 Å². The first kappa shape index (κ1) is 22.5. The molecule has 150 valence electrons. The van der Waals surface area contributed by atoms with E-state index in [9.17, 15) is 20.1 Å². The fourth-order valence-corrected chi connectivity index (χ4v) is 2.31. The summed E-state index contributed by atoms with van der Waals surface area (Å²) in [4.78, 5) is 13.9. The number of aliphatic hydroxyl groups excluding tert-OH is 3. The average molecular weight is 378 g/mol. The molecule has 1 aliphatic rings. The van der Waals surface area contributed by atoms with Gasteiger partial charge in [0.15, 0.2) is 6.29 Å². The molecule has 26 heavy (non-hydrogen) atoms. The Morgan fingerprint density at radius 3 is 2.46 bits per heavy atom. The number of hydrogen-bond acceptors (Lipinski definition) is 9. The van der Waals surface area contributed by atoms with Crippen molar-refractivity contribution >= 4 is 5.91 Å². The van der Waals surface area contributed by atoms with Crippen LogP contribution in [-0.4, -0.2) is 98.1 Å². The van der Waals surface area contributed by atoms with E-state index in [2.05, 4.69) is 15.3 Å². The van der Waals surface area contributed by atoms with Crippen LogP contribution in [0, 0.1) is 0 Å². The van der Waals surface area contributed by atoms with Crippen LogP contribution in [0.5, 0.6) is 0 Å². The van der Waals surface area contributed by atoms with E-state index in [0.29, 0.717) is 19.8 Å². The van der Waals surface area contributed by atoms with Gasteiger partial charge in [-0.15, -0.1) is 0 Å². The maximum Gasteiger partial charge on any atom is 0.217 e. The monoisotopic (exact) mass is 378 g/mol. The highest BCUT2D eigenvalue weighted by Gasteiger charge is 2.45. The third-order valence-electron chi connectivity index (χ3n) is 3.53. The van der Waals surface area contributed by atoms with Crippen molar-refractivity contribution < 1.29 is 39.1 Å². The lowest BCUT2D eigenvalue weighted by Gasteiger charge is -2.42. The number of aliphatic hydroxyl groups is 3. The van der Waals surface area contributed by atoms with Gasteiger partial charge in [0, 0.05) is 18.4 Å². The van der Waals surface area contributed by atoms with E-state index in [4.69, 9.17) is 24.5 Å². The molecular formula is C14H26N4O8. The Labute approximate surface area is 150 Å². The normalized spacial score (nSPS) is 28.4. The zero-order valence-corrected chi connectivity index (χ0v) is 14.6. The second-order valence-corrected chi connectivity index (χ2v) is 5.48. The summed E-state index contributed by atoms with van der Waals surface area (Å²) in [6.07, 6.45) is -4.76. The molecule has 1 rings (SSSR count). The van der Waals surface area contributed by atoms with Crippen LogP contribution in [0.2, 0.25) is 0 Å². The molecule has 0 unspecified atom stereocenters. The fourth-order valence-electron chi connectivity index (χ4n) is 2.31. The van der Waals surface area contributed by atoms with Crippen molar-refractivity contribution in [2.45, 2.75) is 37.6 Å². The van der Waals surface area contributed by atoms with Gasteiger partial charge in [-0.1, -0.05) is 5.11 Å². The van der Waals surface area contributed by atoms with Gasteiger partial charge in [-0.25, -0.2) is 0 Å². The lowest BCUT2D eigenvalue weighted by atomic mass is 9.97. The van der Waals surface area contributed by atoms with Crippen molar-refractivity contribution in [2.75, 3.05) is 46.2 Å². The lowest BCUT2D eigenvalue weighted by Crippen LogP contribution is -2.64. The van der Waals surface area contributed by atoms with Crippen molar-refractivity contribution in [3.63, 3.8) is 0 Å². The molecule has 0 bridgehead atoms. The molecule has 1 fully saturated rings. The van der Waals surface area contributed by atoms with Crippen LogP contribution in [0.1, 0.15) is 6.92 Å². The summed E-state index contributed by atoms with van der Waals surface area (Å²) in [7, 11) is 0. The number of hydrogen-bond donors (Lipinski definition) is 4. The minimum atomic E-state index is -1.35. The maximum atomic E-state index is 11.3. The molecule has 12 heteroatoms. The summed E-state index contributed by atoms with van der Waals surface area (Å²) in [5, 5.41) is 35.0. The topological polar surface area (TPSA) is 175 Å². The Hall–Kier alpha value is -1.50. The Morgan fingerprint density at radius 1 is 1.19 bits per heavy atom. The summed E-state index contributed by atoms with van der Waals surface area (Å²) in [5.74, 6) is -0.421. The minimum Gasteiger partial charge on any atom is -0.394 e. The Morgan fingerprint density at radius 2 is 1.85 bits per heavy atom. The molecule has 0 radical (unpaired) electrons. The second-order valence-electron chi connectivity index (χ2n) is 5.48. The van der Waals surface area contributed by atoms with Crippen LogP contribution in [0.4, 0.5) is 0 Å². The molecule has 0 aromatic rings. The molecule has 0 aromatic heterocycles. The van der Waals surface area contributed by atoms with Crippen LogP contribution in [0.3, 0.4) is 0 Å². The molecule has 0 saturated carbocycles. The van der Waals surface area contributed by atoms with Gasteiger partial charge in [-0.3, -0.25) is 4.79 Å². The summed E-state index contributed by atoms with van der Waals surface area (Å²) in [5.41, 5.74) is 8.09. The van der Waals surface area contributed by atoms with Crippen LogP contribution in [-0.2, 0) is 23.7 Å². The number of ether oxygens (including phenoxy) is 4.